The molecule has 2 aliphatic rings. The lowest BCUT2D eigenvalue weighted by atomic mass is 10.1. The van der Waals surface area contributed by atoms with E-state index < -0.39 is 10.8 Å². The van der Waals surface area contributed by atoms with Gasteiger partial charge in [0.1, 0.15) is 6.61 Å². The number of hydrogen-bond donors (Lipinski definition) is 0. The molecule has 0 saturated carbocycles. The minimum absolute atomic E-state index is 0.191. The summed E-state index contributed by atoms with van der Waals surface area (Å²) in [6.45, 7) is 5.35. The molecule has 0 N–H and O–H groups in total. The van der Waals surface area contributed by atoms with Gasteiger partial charge in [-0.15, -0.1) is 0 Å². The molecule has 28 heavy (non-hydrogen) atoms. The fourth-order valence-corrected chi connectivity index (χ4v) is 4.33. The Kier molecular flexibility index (Phi) is 10.8. The first kappa shape index (κ1) is 22.5. The Morgan fingerprint density at radius 2 is 1.82 bits per heavy atom. The molecule has 0 saturated heterocycles. The van der Waals surface area contributed by atoms with Crippen molar-refractivity contribution in [2.24, 2.45) is 0 Å². The molecule has 4 nitrogen and oxygen atoms in total. The average molecular weight is 407 g/mol. The van der Waals surface area contributed by atoms with Crippen molar-refractivity contribution < 1.29 is 18.4 Å². The molecule has 0 aliphatic carbocycles. The predicted molar refractivity (Wildman–Crippen MR) is 116 cm³/mol. The molecule has 2 heterocycles. The third kappa shape index (κ3) is 8.51. The molecule has 156 valence electrons. The van der Waals surface area contributed by atoms with Gasteiger partial charge in [-0.25, -0.2) is 0 Å². The van der Waals surface area contributed by atoms with Crippen molar-refractivity contribution in [1.82, 2.24) is 0 Å². The molecule has 0 bridgehead atoms. The van der Waals surface area contributed by atoms with E-state index in [2.05, 4.69) is 13.8 Å². The quantitative estimate of drug-likeness (QED) is 0.478. The average Bonchev–Trinajstić information content (AvgIpc) is 3.20. The molecule has 5 heteroatoms. The van der Waals surface area contributed by atoms with E-state index in [0.29, 0.717) is 6.79 Å². The Morgan fingerprint density at radius 1 is 1.04 bits per heavy atom. The highest BCUT2D eigenvalue weighted by molar-refractivity contribution is 7.85. The Hall–Kier alpha value is -1.75. The van der Waals surface area contributed by atoms with Crippen LogP contribution in [0.15, 0.2) is 42.7 Å². The van der Waals surface area contributed by atoms with Gasteiger partial charge in [-0.3, -0.25) is 4.21 Å². The number of benzene rings is 1. The van der Waals surface area contributed by atoms with Gasteiger partial charge in [-0.2, -0.15) is 0 Å². The molecular weight excluding hydrogens is 372 g/mol. The monoisotopic (exact) mass is 406 g/mol. The van der Waals surface area contributed by atoms with Crippen molar-refractivity contribution in [2.45, 2.75) is 64.0 Å². The summed E-state index contributed by atoms with van der Waals surface area (Å²) < 4.78 is 27.8. The van der Waals surface area contributed by atoms with Gasteiger partial charge in [0.2, 0.25) is 6.79 Å². The zero-order chi connectivity index (χ0) is 20.0. The third-order valence-electron chi connectivity index (χ3n) is 4.72. The lowest BCUT2D eigenvalue weighted by Crippen LogP contribution is -2.16. The minimum atomic E-state index is -0.743. The predicted octanol–water partition coefficient (Wildman–Crippen LogP) is 5.54. The van der Waals surface area contributed by atoms with E-state index in [9.17, 15) is 4.21 Å². The first-order valence-corrected chi connectivity index (χ1v) is 11.8. The Bertz CT molecular complexity index is 642. The second-order valence-electron chi connectivity index (χ2n) is 7.15. The van der Waals surface area contributed by atoms with Crippen molar-refractivity contribution in [2.75, 3.05) is 19.2 Å². The SMILES string of the molecule is C1=CCOC=C1.CCCCCCCCS(=O)C(C)Cc1ccc2c(c1)OCO2. The van der Waals surface area contributed by atoms with E-state index in [4.69, 9.17) is 14.2 Å². The van der Waals surface area contributed by atoms with Crippen LogP contribution in [0.1, 0.15) is 57.9 Å². The normalized spacial score (nSPS) is 16.1. The van der Waals surface area contributed by atoms with Crippen LogP contribution >= 0.6 is 0 Å². The first-order valence-electron chi connectivity index (χ1n) is 10.4. The van der Waals surface area contributed by atoms with Gasteiger partial charge in [0, 0.05) is 21.8 Å². The number of rotatable bonds is 10. The summed E-state index contributed by atoms with van der Waals surface area (Å²) in [5.74, 6) is 2.45. The van der Waals surface area contributed by atoms with Gasteiger partial charge in [-0.05, 0) is 42.7 Å². The van der Waals surface area contributed by atoms with Crippen molar-refractivity contribution in [3.8, 4) is 11.5 Å². The van der Waals surface area contributed by atoms with E-state index in [0.717, 1.165) is 36.7 Å². The summed E-state index contributed by atoms with van der Waals surface area (Å²) >= 11 is 0. The van der Waals surface area contributed by atoms with Gasteiger partial charge in [0.25, 0.3) is 0 Å². The molecule has 1 aromatic carbocycles. The molecule has 3 rings (SSSR count). The second-order valence-corrected chi connectivity index (χ2v) is 9.12. The Labute approximate surface area is 172 Å². The van der Waals surface area contributed by atoms with Crippen LogP contribution in [0.5, 0.6) is 11.5 Å². The summed E-state index contributed by atoms with van der Waals surface area (Å²) in [5.41, 5.74) is 1.17. The van der Waals surface area contributed by atoms with Gasteiger partial charge < -0.3 is 14.2 Å². The maximum atomic E-state index is 12.3. The standard InChI is InChI=1S/C18H28O3S.C5H6O/c1-3-4-5-6-7-8-11-22(19)15(2)12-16-9-10-17-18(13-16)21-14-20-17;1-2-4-6-5-3-1/h9-10,13,15H,3-8,11-12,14H2,1-2H3;1-4H,5H2. The second kappa shape index (κ2) is 13.4. The highest BCUT2D eigenvalue weighted by Crippen LogP contribution is 2.33. The van der Waals surface area contributed by atoms with E-state index in [1.165, 1.54) is 37.7 Å². The summed E-state index contributed by atoms with van der Waals surface area (Å²) in [6.07, 6.45) is 15.8. The van der Waals surface area contributed by atoms with Gasteiger partial charge in [0.05, 0.1) is 6.26 Å². The van der Waals surface area contributed by atoms with Crippen LogP contribution in [0.3, 0.4) is 0 Å². The molecular formula is C23H34O4S. The van der Waals surface area contributed by atoms with Gasteiger partial charge in [0.15, 0.2) is 11.5 Å². The fraction of sp³-hybridized carbons (Fsp3) is 0.565. The third-order valence-corrected chi connectivity index (χ3v) is 6.48. The topological polar surface area (TPSA) is 44.8 Å². The fourth-order valence-electron chi connectivity index (χ4n) is 3.06. The number of allylic oxidation sites excluding steroid dienone is 2. The van der Waals surface area contributed by atoms with Gasteiger partial charge in [-0.1, -0.05) is 58.1 Å². The molecule has 2 atom stereocenters. The molecule has 2 aliphatic heterocycles. The Morgan fingerprint density at radius 3 is 2.50 bits per heavy atom. The summed E-state index contributed by atoms with van der Waals surface area (Å²) in [7, 11) is -0.743. The Balaban J connectivity index is 0.000000397. The smallest absolute Gasteiger partial charge is 0.231 e. The van der Waals surface area contributed by atoms with Crippen LogP contribution in [0.2, 0.25) is 0 Å². The van der Waals surface area contributed by atoms with Gasteiger partial charge >= 0.3 is 0 Å². The van der Waals surface area contributed by atoms with Crippen LogP contribution in [-0.4, -0.2) is 28.6 Å². The summed E-state index contributed by atoms with van der Waals surface area (Å²) in [6, 6.07) is 6.01. The van der Waals surface area contributed by atoms with E-state index in [1.807, 2.05) is 36.4 Å². The number of unbranched alkanes of at least 4 members (excludes halogenated alkanes) is 5. The molecule has 0 fully saturated rings. The van der Waals surface area contributed by atoms with Crippen LogP contribution in [-0.2, 0) is 22.0 Å². The summed E-state index contributed by atoms with van der Waals surface area (Å²) in [4.78, 5) is 0. The van der Waals surface area contributed by atoms with Crippen molar-refractivity contribution in [3.63, 3.8) is 0 Å². The molecule has 0 amide bonds. The summed E-state index contributed by atoms with van der Waals surface area (Å²) in [5, 5.41) is 0.191. The lowest BCUT2D eigenvalue weighted by molar-refractivity contribution is 0.174. The van der Waals surface area contributed by atoms with Crippen LogP contribution in [0, 0.1) is 0 Å². The molecule has 0 aromatic heterocycles. The van der Waals surface area contributed by atoms with Crippen molar-refractivity contribution in [3.05, 3.63) is 48.3 Å². The zero-order valence-corrected chi connectivity index (χ0v) is 18.0. The van der Waals surface area contributed by atoms with E-state index in [1.54, 1.807) is 6.26 Å². The molecule has 1 aromatic rings. The highest BCUT2D eigenvalue weighted by Gasteiger charge is 2.16. The van der Waals surface area contributed by atoms with E-state index in [-0.39, 0.29) is 5.25 Å². The number of ether oxygens (including phenoxy) is 3. The first-order chi connectivity index (χ1) is 13.7. The van der Waals surface area contributed by atoms with Crippen LogP contribution < -0.4 is 9.47 Å². The number of fused-ring (bicyclic) bond motifs is 1. The van der Waals surface area contributed by atoms with Crippen LogP contribution in [0.4, 0.5) is 0 Å². The molecule has 0 spiro atoms. The van der Waals surface area contributed by atoms with Crippen molar-refractivity contribution >= 4 is 10.8 Å². The van der Waals surface area contributed by atoms with Crippen molar-refractivity contribution in [1.29, 1.82) is 0 Å². The maximum absolute atomic E-state index is 12.3. The number of hydrogen-bond acceptors (Lipinski definition) is 4. The largest absolute Gasteiger partial charge is 0.497 e. The maximum Gasteiger partial charge on any atom is 0.231 e. The zero-order valence-electron chi connectivity index (χ0n) is 17.2. The minimum Gasteiger partial charge on any atom is -0.497 e. The molecule has 2 unspecified atom stereocenters. The highest BCUT2D eigenvalue weighted by atomic mass is 32.2. The molecule has 0 radical (unpaired) electrons. The lowest BCUT2D eigenvalue weighted by Gasteiger charge is -2.12. The van der Waals surface area contributed by atoms with E-state index >= 15 is 0 Å². The van der Waals surface area contributed by atoms with Crippen LogP contribution in [0.25, 0.3) is 0 Å².